The van der Waals surface area contributed by atoms with Gasteiger partial charge in [-0.3, -0.25) is 4.79 Å². The quantitative estimate of drug-likeness (QED) is 0.551. The Kier molecular flexibility index (Phi) is 5.20. The van der Waals surface area contributed by atoms with Crippen molar-refractivity contribution >= 4 is 11.7 Å². The Bertz CT molecular complexity index is 1240. The van der Waals surface area contributed by atoms with Gasteiger partial charge in [0.1, 0.15) is 17.1 Å². The maximum absolute atomic E-state index is 14.4. The number of aromatic nitrogens is 5. The van der Waals surface area contributed by atoms with Crippen LogP contribution >= 0.6 is 0 Å². The zero-order valence-corrected chi connectivity index (χ0v) is 18.9. The minimum atomic E-state index is -0.420. The van der Waals surface area contributed by atoms with Gasteiger partial charge in [0, 0.05) is 26.2 Å². The molecule has 2 aliphatic heterocycles. The van der Waals surface area contributed by atoms with Crippen molar-refractivity contribution in [1.29, 1.82) is 0 Å². The Morgan fingerprint density at radius 3 is 2.85 bits per heavy atom. The molecule has 2 aliphatic rings. The fraction of sp³-hybridized carbons (Fsp3) is 0.409. The smallest absolute Gasteiger partial charge is 0.254 e. The van der Waals surface area contributed by atoms with Crippen molar-refractivity contribution in [3.8, 4) is 17.3 Å². The summed E-state index contributed by atoms with van der Waals surface area (Å²) in [5.41, 5.74) is 2.73. The highest BCUT2D eigenvalue weighted by molar-refractivity contribution is 5.96. The van der Waals surface area contributed by atoms with E-state index < -0.39 is 11.9 Å². The average molecular weight is 453 g/mol. The Morgan fingerprint density at radius 2 is 2.06 bits per heavy atom. The van der Waals surface area contributed by atoms with Gasteiger partial charge in [0.15, 0.2) is 11.6 Å². The molecule has 2 bridgehead atoms. The van der Waals surface area contributed by atoms with Crippen LogP contribution < -0.4 is 9.64 Å². The molecule has 2 aromatic heterocycles. The van der Waals surface area contributed by atoms with E-state index in [0.29, 0.717) is 58.8 Å². The zero-order chi connectivity index (χ0) is 23.3. The minimum Gasteiger partial charge on any atom is -0.481 e. The summed E-state index contributed by atoms with van der Waals surface area (Å²) in [6, 6.07) is 3.81. The van der Waals surface area contributed by atoms with Gasteiger partial charge in [-0.15, -0.1) is 10.2 Å². The molecule has 1 atom stereocenters. The highest BCUT2D eigenvalue weighted by Crippen LogP contribution is 2.37. The first kappa shape index (κ1) is 21.3. The Hall–Kier alpha value is -3.60. The van der Waals surface area contributed by atoms with Crippen LogP contribution in [0.2, 0.25) is 0 Å². The predicted molar refractivity (Wildman–Crippen MR) is 116 cm³/mol. The topological polar surface area (TPSA) is 98.5 Å². The van der Waals surface area contributed by atoms with E-state index in [1.165, 1.54) is 18.2 Å². The molecule has 3 aromatic rings. The van der Waals surface area contributed by atoms with Gasteiger partial charge < -0.3 is 19.3 Å². The standard InChI is InChI=1S/C22H24FN7O3/c1-12-20-24-19(26-25-12)18-16(27-29(3)22(18)32-4)10-28(2)21(31)14-6-5-13(23)9-15(14)17-11-33-8-7-30(17)20/h5-6,9,17H,7-8,10-11H2,1-4H3/t17-/m1/s1. The Balaban J connectivity index is 1.80. The van der Waals surface area contributed by atoms with Crippen LogP contribution in [0, 0.1) is 12.7 Å². The first-order valence-corrected chi connectivity index (χ1v) is 10.6. The van der Waals surface area contributed by atoms with Crippen molar-refractivity contribution < 1.29 is 18.7 Å². The van der Waals surface area contributed by atoms with Crippen molar-refractivity contribution in [1.82, 2.24) is 29.9 Å². The first-order valence-electron chi connectivity index (χ1n) is 10.6. The summed E-state index contributed by atoms with van der Waals surface area (Å²) >= 11 is 0. The first-order chi connectivity index (χ1) is 15.9. The molecule has 0 saturated carbocycles. The number of morpholine rings is 1. The number of hydrogen-bond donors (Lipinski definition) is 0. The molecular weight excluding hydrogens is 429 g/mol. The molecule has 1 amide bonds. The lowest BCUT2D eigenvalue weighted by molar-refractivity contribution is 0.0771. The molecule has 0 N–H and O–H groups in total. The fourth-order valence-electron chi connectivity index (χ4n) is 4.50. The van der Waals surface area contributed by atoms with Gasteiger partial charge in [-0.05, 0) is 30.7 Å². The minimum absolute atomic E-state index is 0.180. The third kappa shape index (κ3) is 3.48. The third-order valence-corrected chi connectivity index (χ3v) is 6.05. The molecule has 0 radical (unpaired) electrons. The second kappa shape index (κ2) is 8.07. The maximum atomic E-state index is 14.4. The van der Waals surface area contributed by atoms with Crippen molar-refractivity contribution in [2.75, 3.05) is 38.8 Å². The summed E-state index contributed by atoms with van der Waals surface area (Å²) < 4.78 is 27.3. The molecule has 1 fully saturated rings. The van der Waals surface area contributed by atoms with Gasteiger partial charge >= 0.3 is 0 Å². The van der Waals surface area contributed by atoms with Crippen LogP contribution in [0.25, 0.3) is 11.4 Å². The SMILES string of the molecule is COc1c2c(nn1C)CN(C)C(=O)c1ccc(F)cc1[C@H]1COCCN1c1nc-2nnc1C. The van der Waals surface area contributed by atoms with Crippen LogP contribution in [0.5, 0.6) is 5.88 Å². The summed E-state index contributed by atoms with van der Waals surface area (Å²) in [4.78, 5) is 21.9. The van der Waals surface area contributed by atoms with E-state index in [2.05, 4.69) is 15.3 Å². The highest BCUT2D eigenvalue weighted by atomic mass is 19.1. The molecular formula is C22H24FN7O3. The molecule has 0 aliphatic carbocycles. The van der Waals surface area contributed by atoms with Crippen LogP contribution in [-0.4, -0.2) is 69.7 Å². The number of carbonyl (C=O) groups is 1. The van der Waals surface area contributed by atoms with Gasteiger partial charge in [0.2, 0.25) is 5.88 Å². The van der Waals surface area contributed by atoms with Crippen molar-refractivity contribution in [2.45, 2.75) is 19.5 Å². The number of methoxy groups -OCH3 is 1. The number of hydrogen-bond acceptors (Lipinski definition) is 8. The zero-order valence-electron chi connectivity index (χ0n) is 18.9. The number of aryl methyl sites for hydroxylation is 2. The van der Waals surface area contributed by atoms with Gasteiger partial charge in [-0.25, -0.2) is 14.1 Å². The third-order valence-electron chi connectivity index (χ3n) is 6.05. The van der Waals surface area contributed by atoms with Crippen molar-refractivity contribution in [2.24, 2.45) is 7.05 Å². The van der Waals surface area contributed by atoms with Crippen LogP contribution in [-0.2, 0) is 18.3 Å². The average Bonchev–Trinajstić information content (AvgIpc) is 3.12. The molecule has 0 spiro atoms. The number of ether oxygens (including phenoxy) is 2. The summed E-state index contributed by atoms with van der Waals surface area (Å²) in [5, 5.41) is 13.3. The van der Waals surface area contributed by atoms with Gasteiger partial charge in [-0.1, -0.05) is 0 Å². The van der Waals surface area contributed by atoms with Crippen LogP contribution in [0.1, 0.15) is 33.4 Å². The summed E-state index contributed by atoms with van der Waals surface area (Å²) in [6.45, 7) is 3.26. The Morgan fingerprint density at radius 1 is 1.24 bits per heavy atom. The number of fused-ring (bicyclic) bond motifs is 8. The van der Waals surface area contributed by atoms with E-state index in [-0.39, 0.29) is 19.1 Å². The van der Waals surface area contributed by atoms with E-state index in [1.807, 2.05) is 11.8 Å². The number of nitrogens with zero attached hydrogens (tertiary/aromatic N) is 7. The number of anilines is 1. The highest BCUT2D eigenvalue weighted by Gasteiger charge is 2.34. The van der Waals surface area contributed by atoms with Crippen molar-refractivity contribution in [3.05, 3.63) is 46.5 Å². The lowest BCUT2D eigenvalue weighted by atomic mass is 9.97. The molecule has 33 heavy (non-hydrogen) atoms. The lowest BCUT2D eigenvalue weighted by Gasteiger charge is -2.38. The van der Waals surface area contributed by atoms with Gasteiger partial charge in [0.05, 0.1) is 38.6 Å². The lowest BCUT2D eigenvalue weighted by Crippen LogP contribution is -2.42. The van der Waals surface area contributed by atoms with E-state index in [1.54, 1.807) is 30.8 Å². The normalized spacial score (nSPS) is 18.1. The largest absolute Gasteiger partial charge is 0.481 e. The van der Waals surface area contributed by atoms with E-state index >= 15 is 0 Å². The van der Waals surface area contributed by atoms with Crippen LogP contribution in [0.3, 0.4) is 0 Å². The monoisotopic (exact) mass is 453 g/mol. The Labute approximate surface area is 189 Å². The molecule has 0 unspecified atom stereocenters. The number of carbonyl (C=O) groups excluding carboxylic acids is 1. The number of amides is 1. The molecule has 10 nitrogen and oxygen atoms in total. The molecule has 1 saturated heterocycles. The molecule has 4 heterocycles. The predicted octanol–water partition coefficient (Wildman–Crippen LogP) is 1.89. The summed E-state index contributed by atoms with van der Waals surface area (Å²) in [5.74, 6) is 0.756. The van der Waals surface area contributed by atoms with E-state index in [4.69, 9.17) is 14.5 Å². The number of benzene rings is 1. The van der Waals surface area contributed by atoms with Crippen LogP contribution in [0.4, 0.5) is 10.2 Å². The number of halogens is 1. The fourth-order valence-corrected chi connectivity index (χ4v) is 4.50. The summed E-state index contributed by atoms with van der Waals surface area (Å²) in [7, 11) is 4.99. The van der Waals surface area contributed by atoms with E-state index in [9.17, 15) is 9.18 Å². The molecule has 5 rings (SSSR count). The molecule has 172 valence electrons. The molecule has 1 aromatic carbocycles. The van der Waals surface area contributed by atoms with Gasteiger partial charge in [0.25, 0.3) is 5.91 Å². The second-order valence-electron chi connectivity index (χ2n) is 8.18. The van der Waals surface area contributed by atoms with Crippen LogP contribution in [0.15, 0.2) is 18.2 Å². The van der Waals surface area contributed by atoms with Gasteiger partial charge in [-0.2, -0.15) is 5.10 Å². The second-order valence-corrected chi connectivity index (χ2v) is 8.18. The van der Waals surface area contributed by atoms with E-state index in [0.717, 1.165) is 0 Å². The van der Waals surface area contributed by atoms with Crippen molar-refractivity contribution in [3.63, 3.8) is 0 Å². The summed E-state index contributed by atoms with van der Waals surface area (Å²) in [6.07, 6.45) is 0. The molecule has 11 heteroatoms. The maximum Gasteiger partial charge on any atom is 0.254 e. The number of rotatable bonds is 1.